The lowest BCUT2D eigenvalue weighted by atomic mass is 9.84. The van der Waals surface area contributed by atoms with Crippen LogP contribution in [0.4, 0.5) is 0 Å². The van der Waals surface area contributed by atoms with Gasteiger partial charge in [0.05, 0.1) is 18.6 Å². The standard InChI is InChI=1S/C28H37N3O3/c1-34-25(27(22-11-6-3-7-12-22)30-28(33)23-13-8-14-23)20-31-17-15-24(16-18-31)29-26(32)19-21-9-4-2-5-10-21/h2-7,9-12,23-25,27H,8,13-20H2,1H3,(H,29,32)(H,30,33). The van der Waals surface area contributed by atoms with Gasteiger partial charge in [-0.2, -0.15) is 0 Å². The number of ether oxygens (including phenoxy) is 1. The Balaban J connectivity index is 1.30. The van der Waals surface area contributed by atoms with Crippen LogP contribution in [-0.4, -0.2) is 55.6 Å². The Morgan fingerprint density at radius 3 is 2.21 bits per heavy atom. The molecule has 6 nitrogen and oxygen atoms in total. The summed E-state index contributed by atoms with van der Waals surface area (Å²) < 4.78 is 5.93. The van der Waals surface area contributed by atoms with E-state index in [0.29, 0.717) is 6.42 Å². The SMILES string of the molecule is COC(CN1CCC(NC(=O)Cc2ccccc2)CC1)C(NC(=O)C1CCC1)c1ccccc1. The van der Waals surface area contributed by atoms with Gasteiger partial charge in [-0.3, -0.25) is 9.59 Å². The second-order valence-electron chi connectivity index (χ2n) is 9.60. The van der Waals surface area contributed by atoms with E-state index in [-0.39, 0.29) is 35.9 Å². The van der Waals surface area contributed by atoms with Crippen LogP contribution in [0.25, 0.3) is 0 Å². The number of carbonyl (C=O) groups excluding carboxylic acids is 2. The van der Waals surface area contributed by atoms with Crippen LogP contribution in [-0.2, 0) is 20.7 Å². The molecule has 1 saturated heterocycles. The summed E-state index contributed by atoms with van der Waals surface area (Å²) in [6.07, 6.45) is 5.21. The highest BCUT2D eigenvalue weighted by atomic mass is 16.5. The minimum Gasteiger partial charge on any atom is -0.378 e. The first-order chi connectivity index (χ1) is 16.6. The van der Waals surface area contributed by atoms with Crippen LogP contribution in [0.1, 0.15) is 49.3 Å². The quantitative estimate of drug-likeness (QED) is 0.566. The summed E-state index contributed by atoms with van der Waals surface area (Å²) in [5.41, 5.74) is 2.11. The molecule has 0 aromatic heterocycles. The van der Waals surface area contributed by atoms with Crippen LogP contribution in [0, 0.1) is 5.92 Å². The minimum atomic E-state index is -0.178. The van der Waals surface area contributed by atoms with E-state index in [4.69, 9.17) is 4.74 Å². The number of nitrogens with zero attached hydrogens (tertiary/aromatic N) is 1. The molecule has 1 saturated carbocycles. The molecule has 2 atom stereocenters. The van der Waals surface area contributed by atoms with E-state index in [1.807, 2.05) is 48.5 Å². The molecule has 2 aliphatic rings. The van der Waals surface area contributed by atoms with Gasteiger partial charge in [0.25, 0.3) is 0 Å². The fraction of sp³-hybridized carbons (Fsp3) is 0.500. The first-order valence-corrected chi connectivity index (χ1v) is 12.6. The van der Waals surface area contributed by atoms with Crippen molar-refractivity contribution in [3.63, 3.8) is 0 Å². The van der Waals surface area contributed by atoms with Crippen molar-refractivity contribution in [1.29, 1.82) is 0 Å². The second kappa shape index (κ2) is 12.1. The molecule has 182 valence electrons. The van der Waals surface area contributed by atoms with Gasteiger partial charge in [0.2, 0.25) is 11.8 Å². The number of amides is 2. The summed E-state index contributed by atoms with van der Waals surface area (Å²) >= 11 is 0. The third-order valence-corrected chi connectivity index (χ3v) is 7.21. The van der Waals surface area contributed by atoms with Crippen LogP contribution in [0.3, 0.4) is 0 Å². The van der Waals surface area contributed by atoms with Crippen LogP contribution < -0.4 is 10.6 Å². The molecule has 2 aromatic rings. The molecule has 2 amide bonds. The monoisotopic (exact) mass is 463 g/mol. The van der Waals surface area contributed by atoms with Gasteiger partial charge in [0.1, 0.15) is 0 Å². The van der Waals surface area contributed by atoms with E-state index in [1.54, 1.807) is 7.11 Å². The maximum absolute atomic E-state index is 12.8. The third kappa shape index (κ3) is 6.67. The maximum atomic E-state index is 12.8. The Labute approximate surface area is 203 Å². The van der Waals surface area contributed by atoms with E-state index in [0.717, 1.165) is 62.9 Å². The average molecular weight is 464 g/mol. The molecule has 1 aliphatic heterocycles. The molecule has 1 heterocycles. The maximum Gasteiger partial charge on any atom is 0.224 e. The molecular weight excluding hydrogens is 426 g/mol. The highest BCUT2D eigenvalue weighted by Crippen LogP contribution is 2.29. The van der Waals surface area contributed by atoms with Crippen molar-refractivity contribution in [2.75, 3.05) is 26.7 Å². The van der Waals surface area contributed by atoms with Gasteiger partial charge in [-0.1, -0.05) is 67.1 Å². The van der Waals surface area contributed by atoms with Gasteiger partial charge < -0.3 is 20.3 Å². The number of nitrogens with one attached hydrogen (secondary N) is 2. The van der Waals surface area contributed by atoms with Gasteiger partial charge in [0.15, 0.2) is 0 Å². The molecule has 2 aromatic carbocycles. The van der Waals surface area contributed by atoms with Crippen molar-refractivity contribution >= 4 is 11.8 Å². The predicted molar refractivity (Wildman–Crippen MR) is 133 cm³/mol. The lowest BCUT2D eigenvalue weighted by Gasteiger charge is -2.37. The largest absolute Gasteiger partial charge is 0.378 e. The fourth-order valence-electron chi connectivity index (χ4n) is 4.88. The molecule has 2 unspecified atom stereocenters. The lowest BCUT2D eigenvalue weighted by Crippen LogP contribution is -2.50. The van der Waals surface area contributed by atoms with E-state index in [2.05, 4.69) is 27.7 Å². The zero-order chi connectivity index (χ0) is 23.8. The summed E-state index contributed by atoms with van der Waals surface area (Å²) in [6, 6.07) is 20.0. The van der Waals surface area contributed by atoms with Crippen LogP contribution in [0.15, 0.2) is 60.7 Å². The molecule has 0 radical (unpaired) electrons. The van der Waals surface area contributed by atoms with E-state index < -0.39 is 0 Å². The summed E-state index contributed by atoms with van der Waals surface area (Å²) in [5, 5.41) is 6.49. The zero-order valence-corrected chi connectivity index (χ0v) is 20.1. The molecular formula is C28H37N3O3. The van der Waals surface area contributed by atoms with E-state index in [1.165, 1.54) is 0 Å². The third-order valence-electron chi connectivity index (χ3n) is 7.21. The van der Waals surface area contributed by atoms with Crippen molar-refractivity contribution in [3.05, 3.63) is 71.8 Å². The summed E-state index contributed by atoms with van der Waals surface area (Å²) in [4.78, 5) is 27.6. The first kappa shape index (κ1) is 24.4. The Morgan fingerprint density at radius 1 is 0.971 bits per heavy atom. The summed E-state index contributed by atoms with van der Waals surface area (Å²) in [6.45, 7) is 2.54. The van der Waals surface area contributed by atoms with E-state index in [9.17, 15) is 9.59 Å². The van der Waals surface area contributed by atoms with Gasteiger partial charge in [-0.25, -0.2) is 0 Å². The molecule has 4 rings (SSSR count). The average Bonchev–Trinajstić information content (AvgIpc) is 2.82. The number of likely N-dealkylation sites (tertiary alicyclic amines) is 1. The number of benzene rings is 2. The van der Waals surface area contributed by atoms with Crippen LogP contribution >= 0.6 is 0 Å². The van der Waals surface area contributed by atoms with Crippen molar-refractivity contribution in [3.8, 4) is 0 Å². The van der Waals surface area contributed by atoms with E-state index >= 15 is 0 Å². The van der Waals surface area contributed by atoms with Gasteiger partial charge in [-0.15, -0.1) is 0 Å². The van der Waals surface area contributed by atoms with Gasteiger partial charge >= 0.3 is 0 Å². The highest BCUT2D eigenvalue weighted by Gasteiger charge is 2.32. The normalized spacial score (nSPS) is 19.1. The Kier molecular flexibility index (Phi) is 8.72. The minimum absolute atomic E-state index is 0.0854. The number of rotatable bonds is 10. The topological polar surface area (TPSA) is 70.7 Å². The summed E-state index contributed by atoms with van der Waals surface area (Å²) in [5.74, 6) is 0.364. The molecule has 34 heavy (non-hydrogen) atoms. The first-order valence-electron chi connectivity index (χ1n) is 12.6. The number of piperidine rings is 1. The Morgan fingerprint density at radius 2 is 1.62 bits per heavy atom. The predicted octanol–water partition coefficient (Wildman–Crippen LogP) is 3.48. The lowest BCUT2D eigenvalue weighted by molar-refractivity contribution is -0.129. The highest BCUT2D eigenvalue weighted by molar-refractivity contribution is 5.80. The molecule has 0 spiro atoms. The molecule has 0 bridgehead atoms. The van der Waals surface area contributed by atoms with Crippen LogP contribution in [0.5, 0.6) is 0 Å². The fourth-order valence-corrected chi connectivity index (χ4v) is 4.88. The molecule has 6 heteroatoms. The van der Waals surface area contributed by atoms with Crippen molar-refractivity contribution in [1.82, 2.24) is 15.5 Å². The Hall–Kier alpha value is -2.70. The van der Waals surface area contributed by atoms with Crippen molar-refractivity contribution < 1.29 is 14.3 Å². The zero-order valence-electron chi connectivity index (χ0n) is 20.1. The second-order valence-corrected chi connectivity index (χ2v) is 9.60. The molecule has 1 aliphatic carbocycles. The van der Waals surface area contributed by atoms with Crippen LogP contribution in [0.2, 0.25) is 0 Å². The van der Waals surface area contributed by atoms with Crippen molar-refractivity contribution in [2.45, 2.75) is 56.7 Å². The Bertz CT molecular complexity index is 909. The molecule has 2 fully saturated rings. The smallest absolute Gasteiger partial charge is 0.224 e. The number of hydrogen-bond donors (Lipinski definition) is 2. The summed E-state index contributed by atoms with van der Waals surface area (Å²) in [7, 11) is 1.73. The van der Waals surface area contributed by atoms with Crippen molar-refractivity contribution in [2.24, 2.45) is 5.92 Å². The molecule has 2 N–H and O–H groups in total. The van der Waals surface area contributed by atoms with Gasteiger partial charge in [0, 0.05) is 38.7 Å². The number of hydrogen-bond acceptors (Lipinski definition) is 4. The number of methoxy groups -OCH3 is 1. The number of carbonyl (C=O) groups is 2. The van der Waals surface area contributed by atoms with Gasteiger partial charge in [-0.05, 0) is 36.8 Å².